The van der Waals surface area contributed by atoms with Gasteiger partial charge in [0.05, 0.1) is 18.7 Å². The molecule has 2 N–H and O–H groups in total. The van der Waals surface area contributed by atoms with E-state index in [1.807, 2.05) is 0 Å². The van der Waals surface area contributed by atoms with Crippen LogP contribution in [0.3, 0.4) is 0 Å². The first-order chi connectivity index (χ1) is 11.3. The first-order valence-electron chi connectivity index (χ1n) is 6.88. The molecule has 2 aromatic rings. The Hall–Kier alpha value is -2.95. The molecule has 126 valence electrons. The van der Waals surface area contributed by atoms with E-state index in [0.717, 1.165) is 12.1 Å². The summed E-state index contributed by atoms with van der Waals surface area (Å²) in [5.74, 6) is 0.220. The highest BCUT2D eigenvalue weighted by Crippen LogP contribution is 2.33. The molecule has 5 nitrogen and oxygen atoms in total. The number of nitriles is 1. The molecule has 0 aliphatic heterocycles. The molecule has 1 unspecified atom stereocenters. The summed E-state index contributed by atoms with van der Waals surface area (Å²) in [6.45, 7) is 1.62. The van der Waals surface area contributed by atoms with Crippen LogP contribution in [0, 0.1) is 11.3 Å². The van der Waals surface area contributed by atoms with Crippen molar-refractivity contribution < 1.29 is 23.0 Å². The molecule has 24 heavy (non-hydrogen) atoms. The summed E-state index contributed by atoms with van der Waals surface area (Å²) in [6.07, 6.45) is -4.62. The Labute approximate surface area is 136 Å². The third-order valence-electron chi connectivity index (χ3n) is 3.36. The average molecular weight is 337 g/mol. The fourth-order valence-electron chi connectivity index (χ4n) is 2.11. The van der Waals surface area contributed by atoms with E-state index >= 15 is 0 Å². The van der Waals surface area contributed by atoms with E-state index in [9.17, 15) is 18.3 Å². The molecule has 1 heterocycles. The van der Waals surface area contributed by atoms with Crippen LogP contribution in [-0.2, 0) is 6.18 Å². The van der Waals surface area contributed by atoms with Crippen molar-refractivity contribution in [2.24, 2.45) is 0 Å². The molecule has 0 amide bonds. The molecule has 8 heteroatoms. The number of ether oxygens (including phenoxy) is 1. The molecule has 1 aromatic heterocycles. The number of halogens is 3. The minimum absolute atomic E-state index is 0.0303. The van der Waals surface area contributed by atoms with Gasteiger partial charge in [0, 0.05) is 5.56 Å². The zero-order chi connectivity index (χ0) is 17.9. The Balaban J connectivity index is 2.38. The van der Waals surface area contributed by atoms with Crippen LogP contribution in [0.1, 0.15) is 29.8 Å². The highest BCUT2D eigenvalue weighted by molar-refractivity contribution is 5.55. The number of methoxy groups -OCH3 is 1. The smallest absolute Gasteiger partial charge is 0.433 e. The topological polar surface area (TPSA) is 78.2 Å². The van der Waals surface area contributed by atoms with Gasteiger partial charge in [0.15, 0.2) is 0 Å². The predicted molar refractivity (Wildman–Crippen MR) is 80.7 cm³/mol. The Bertz CT molecular complexity index is 785. The van der Waals surface area contributed by atoms with Crippen molar-refractivity contribution in [2.45, 2.75) is 19.1 Å². The van der Waals surface area contributed by atoms with E-state index in [0.29, 0.717) is 11.3 Å². The molecule has 1 atom stereocenters. The van der Waals surface area contributed by atoms with Crippen LogP contribution in [0.2, 0.25) is 0 Å². The molecule has 0 saturated carbocycles. The Morgan fingerprint density at radius 3 is 2.58 bits per heavy atom. The number of aromatic nitrogens is 1. The van der Waals surface area contributed by atoms with Crippen LogP contribution in [0.15, 0.2) is 30.3 Å². The van der Waals surface area contributed by atoms with Crippen LogP contribution in [0.25, 0.3) is 0 Å². The van der Waals surface area contributed by atoms with Gasteiger partial charge >= 0.3 is 6.18 Å². The van der Waals surface area contributed by atoms with E-state index in [-0.39, 0.29) is 17.1 Å². The Morgan fingerprint density at radius 1 is 1.29 bits per heavy atom. The second kappa shape index (κ2) is 6.66. The minimum atomic E-state index is -4.62. The lowest BCUT2D eigenvalue weighted by Crippen LogP contribution is -2.14. The molecule has 0 saturated heterocycles. The van der Waals surface area contributed by atoms with Gasteiger partial charge in [-0.25, -0.2) is 4.98 Å². The van der Waals surface area contributed by atoms with Gasteiger partial charge in [-0.2, -0.15) is 18.4 Å². The number of nitrogens with one attached hydrogen (secondary N) is 1. The van der Waals surface area contributed by atoms with Crippen molar-refractivity contribution >= 4 is 5.82 Å². The lowest BCUT2D eigenvalue weighted by atomic mass is 10.1. The molecule has 0 bridgehead atoms. The SMILES string of the molecule is COc1ccc(O)c(C(C)Nc2nc(C(F)(F)F)ccc2C#N)c1. The summed E-state index contributed by atoms with van der Waals surface area (Å²) in [7, 11) is 1.45. The van der Waals surface area contributed by atoms with Gasteiger partial charge in [0.25, 0.3) is 0 Å². The zero-order valence-corrected chi connectivity index (χ0v) is 12.8. The number of benzene rings is 1. The number of rotatable bonds is 4. The van der Waals surface area contributed by atoms with Crippen LogP contribution in [0.5, 0.6) is 11.5 Å². The summed E-state index contributed by atoms with van der Waals surface area (Å²) in [4.78, 5) is 3.48. The average Bonchev–Trinajstić information content (AvgIpc) is 2.54. The Kier molecular flexibility index (Phi) is 4.83. The summed E-state index contributed by atoms with van der Waals surface area (Å²) in [5, 5.41) is 21.7. The number of anilines is 1. The summed E-state index contributed by atoms with van der Waals surface area (Å²) >= 11 is 0. The zero-order valence-electron chi connectivity index (χ0n) is 12.8. The maximum atomic E-state index is 12.8. The second-order valence-electron chi connectivity index (χ2n) is 4.99. The van der Waals surface area contributed by atoms with Gasteiger partial charge in [-0.3, -0.25) is 0 Å². The number of aromatic hydroxyl groups is 1. The number of nitrogens with zero attached hydrogens (tertiary/aromatic N) is 2. The number of phenols is 1. The van der Waals surface area contributed by atoms with Gasteiger partial charge in [-0.15, -0.1) is 0 Å². The molecule has 2 rings (SSSR count). The molecule has 0 fully saturated rings. The molecular formula is C16H14F3N3O2. The highest BCUT2D eigenvalue weighted by Gasteiger charge is 2.33. The van der Waals surface area contributed by atoms with Crippen molar-refractivity contribution in [1.82, 2.24) is 4.98 Å². The normalized spacial score (nSPS) is 12.3. The maximum absolute atomic E-state index is 12.8. The standard InChI is InChI=1S/C16H14F3N3O2/c1-9(12-7-11(24-2)4-5-13(12)23)21-15-10(8-20)3-6-14(22-15)16(17,18)19/h3-7,9,23H,1-2H3,(H,21,22). The monoisotopic (exact) mass is 337 g/mol. The van der Waals surface area contributed by atoms with Gasteiger partial charge < -0.3 is 15.2 Å². The van der Waals surface area contributed by atoms with Gasteiger partial charge in [0.1, 0.15) is 29.1 Å². The number of hydrogen-bond donors (Lipinski definition) is 2. The van der Waals surface area contributed by atoms with E-state index in [1.165, 1.54) is 13.2 Å². The lowest BCUT2D eigenvalue weighted by Gasteiger charge is -2.18. The first kappa shape index (κ1) is 17.4. The third kappa shape index (κ3) is 3.68. The van der Waals surface area contributed by atoms with Gasteiger partial charge in [-0.05, 0) is 37.3 Å². The highest BCUT2D eigenvalue weighted by atomic mass is 19.4. The van der Waals surface area contributed by atoms with Crippen LogP contribution in [-0.4, -0.2) is 17.2 Å². The third-order valence-corrected chi connectivity index (χ3v) is 3.36. The van der Waals surface area contributed by atoms with Crippen molar-refractivity contribution in [2.75, 3.05) is 12.4 Å². The molecule has 0 spiro atoms. The van der Waals surface area contributed by atoms with Crippen molar-refractivity contribution in [3.05, 3.63) is 47.2 Å². The summed E-state index contributed by atoms with van der Waals surface area (Å²) < 4.78 is 43.5. The number of pyridine rings is 1. The van der Waals surface area contributed by atoms with Crippen LogP contribution in [0.4, 0.5) is 19.0 Å². The van der Waals surface area contributed by atoms with E-state index in [1.54, 1.807) is 25.1 Å². The van der Waals surface area contributed by atoms with Crippen molar-refractivity contribution in [1.29, 1.82) is 5.26 Å². The van der Waals surface area contributed by atoms with E-state index < -0.39 is 17.9 Å². The molecule has 0 radical (unpaired) electrons. The minimum Gasteiger partial charge on any atom is -0.508 e. The van der Waals surface area contributed by atoms with E-state index in [2.05, 4.69) is 10.3 Å². The second-order valence-corrected chi connectivity index (χ2v) is 4.99. The quantitative estimate of drug-likeness (QED) is 0.886. The largest absolute Gasteiger partial charge is 0.508 e. The summed E-state index contributed by atoms with van der Waals surface area (Å²) in [5.41, 5.74) is -0.735. The van der Waals surface area contributed by atoms with Crippen LogP contribution >= 0.6 is 0 Å². The maximum Gasteiger partial charge on any atom is 0.433 e. The van der Waals surface area contributed by atoms with Crippen molar-refractivity contribution in [3.8, 4) is 17.6 Å². The van der Waals surface area contributed by atoms with Gasteiger partial charge in [-0.1, -0.05) is 0 Å². The Morgan fingerprint density at radius 2 is 2.00 bits per heavy atom. The lowest BCUT2D eigenvalue weighted by molar-refractivity contribution is -0.141. The van der Waals surface area contributed by atoms with Crippen LogP contribution < -0.4 is 10.1 Å². The molecule has 0 aliphatic carbocycles. The van der Waals surface area contributed by atoms with E-state index in [4.69, 9.17) is 10.00 Å². The fraction of sp³-hybridized carbons (Fsp3) is 0.250. The molecule has 0 aliphatic rings. The summed E-state index contributed by atoms with van der Waals surface area (Å²) in [6, 6.07) is 7.49. The predicted octanol–water partition coefficient (Wildman–Crippen LogP) is 3.86. The first-order valence-corrected chi connectivity index (χ1v) is 6.88. The van der Waals surface area contributed by atoms with Gasteiger partial charge in [0.2, 0.25) is 0 Å². The number of alkyl halides is 3. The molecule has 1 aromatic carbocycles. The number of phenolic OH excluding ortho intramolecular Hbond substituents is 1. The van der Waals surface area contributed by atoms with Crippen molar-refractivity contribution in [3.63, 3.8) is 0 Å². The number of hydrogen-bond acceptors (Lipinski definition) is 5. The fourth-order valence-corrected chi connectivity index (χ4v) is 2.11. The molecular weight excluding hydrogens is 323 g/mol.